The van der Waals surface area contributed by atoms with Crippen molar-refractivity contribution in [3.05, 3.63) is 83.8 Å². The third kappa shape index (κ3) is 4.66. The number of amides is 1. The molecule has 3 rings (SSSR count). The lowest BCUT2D eigenvalue weighted by molar-refractivity contribution is 0.102. The summed E-state index contributed by atoms with van der Waals surface area (Å²) in [6, 6.07) is 18.0. The van der Waals surface area contributed by atoms with Crippen molar-refractivity contribution < 1.29 is 4.79 Å². The number of nitrogens with zero attached hydrogens (tertiary/aromatic N) is 2. The molecule has 1 aromatic heterocycles. The van der Waals surface area contributed by atoms with Gasteiger partial charge in [-0.2, -0.15) is 0 Å². The average Bonchev–Trinajstić information content (AvgIpc) is 2.70. The van der Waals surface area contributed by atoms with Crippen LogP contribution in [0.25, 0.3) is 0 Å². The number of nitrogens with one attached hydrogen (secondary N) is 2. The molecular formula is C21H22N4O. The molecule has 2 aromatic carbocycles. The normalized spacial score (nSPS) is 10.3. The highest BCUT2D eigenvalue weighted by molar-refractivity contribution is 6.03. The third-order valence-electron chi connectivity index (χ3n) is 4.09. The Balaban J connectivity index is 1.56. The maximum atomic E-state index is 12.4. The number of carbonyl (C=O) groups excluding carboxylic acids is 1. The SMILES string of the molecule is CCc1ccccc1NC(=O)c1cnc(NCCc2ccccc2)cn1. The highest BCUT2D eigenvalue weighted by Gasteiger charge is 2.10. The summed E-state index contributed by atoms with van der Waals surface area (Å²) in [4.78, 5) is 20.9. The average molecular weight is 346 g/mol. The van der Waals surface area contributed by atoms with Crippen molar-refractivity contribution in [2.75, 3.05) is 17.2 Å². The minimum Gasteiger partial charge on any atom is -0.368 e. The summed E-state index contributed by atoms with van der Waals surface area (Å²) in [7, 11) is 0. The minimum atomic E-state index is -0.255. The molecule has 5 nitrogen and oxygen atoms in total. The van der Waals surface area contributed by atoms with Crippen molar-refractivity contribution in [2.45, 2.75) is 19.8 Å². The molecule has 0 spiro atoms. The third-order valence-corrected chi connectivity index (χ3v) is 4.09. The van der Waals surface area contributed by atoms with Crippen LogP contribution in [0.15, 0.2) is 67.0 Å². The van der Waals surface area contributed by atoms with E-state index in [1.807, 2.05) is 42.5 Å². The predicted octanol–water partition coefficient (Wildman–Crippen LogP) is 3.95. The molecule has 0 aliphatic heterocycles. The molecule has 0 radical (unpaired) electrons. The number of para-hydroxylation sites is 1. The first kappa shape index (κ1) is 17.6. The van der Waals surface area contributed by atoms with Gasteiger partial charge < -0.3 is 10.6 Å². The van der Waals surface area contributed by atoms with Gasteiger partial charge in [0.1, 0.15) is 11.5 Å². The molecule has 26 heavy (non-hydrogen) atoms. The lowest BCUT2D eigenvalue weighted by Crippen LogP contribution is -2.16. The molecule has 0 bridgehead atoms. The van der Waals surface area contributed by atoms with Crippen LogP contribution >= 0.6 is 0 Å². The van der Waals surface area contributed by atoms with Gasteiger partial charge in [0.05, 0.1) is 12.4 Å². The Morgan fingerprint density at radius 3 is 2.46 bits per heavy atom. The molecule has 1 heterocycles. The van der Waals surface area contributed by atoms with Gasteiger partial charge in [-0.3, -0.25) is 4.79 Å². The van der Waals surface area contributed by atoms with Crippen LogP contribution in [0.5, 0.6) is 0 Å². The number of aryl methyl sites for hydroxylation is 1. The van der Waals surface area contributed by atoms with Crippen LogP contribution in [0.1, 0.15) is 28.5 Å². The van der Waals surface area contributed by atoms with E-state index >= 15 is 0 Å². The zero-order valence-electron chi connectivity index (χ0n) is 14.8. The quantitative estimate of drug-likeness (QED) is 0.680. The van der Waals surface area contributed by atoms with E-state index in [4.69, 9.17) is 0 Å². The molecule has 1 amide bonds. The van der Waals surface area contributed by atoms with E-state index in [0.29, 0.717) is 11.5 Å². The van der Waals surface area contributed by atoms with Crippen molar-refractivity contribution in [2.24, 2.45) is 0 Å². The zero-order valence-corrected chi connectivity index (χ0v) is 14.8. The molecule has 3 aromatic rings. The van der Waals surface area contributed by atoms with E-state index in [1.54, 1.807) is 6.20 Å². The van der Waals surface area contributed by atoms with E-state index in [0.717, 1.165) is 30.6 Å². The molecule has 0 aliphatic carbocycles. The van der Waals surface area contributed by atoms with Crippen LogP contribution in [-0.2, 0) is 12.8 Å². The molecule has 2 N–H and O–H groups in total. The van der Waals surface area contributed by atoms with Crippen molar-refractivity contribution in [3.63, 3.8) is 0 Å². The van der Waals surface area contributed by atoms with Crippen molar-refractivity contribution in [1.82, 2.24) is 9.97 Å². The summed E-state index contributed by atoms with van der Waals surface area (Å²) in [6.45, 7) is 2.81. The summed E-state index contributed by atoms with van der Waals surface area (Å²) in [5, 5.41) is 6.12. The number of aromatic nitrogens is 2. The van der Waals surface area contributed by atoms with Gasteiger partial charge in [0, 0.05) is 12.2 Å². The Morgan fingerprint density at radius 1 is 0.962 bits per heavy atom. The molecular weight excluding hydrogens is 324 g/mol. The van der Waals surface area contributed by atoms with Gasteiger partial charge >= 0.3 is 0 Å². The fourth-order valence-corrected chi connectivity index (χ4v) is 2.65. The number of benzene rings is 2. The summed E-state index contributed by atoms with van der Waals surface area (Å²) < 4.78 is 0. The fraction of sp³-hybridized carbons (Fsp3) is 0.190. The maximum Gasteiger partial charge on any atom is 0.275 e. The second-order valence-corrected chi connectivity index (χ2v) is 5.91. The first-order chi connectivity index (χ1) is 12.8. The maximum absolute atomic E-state index is 12.4. The highest BCUT2D eigenvalue weighted by Crippen LogP contribution is 2.16. The summed E-state index contributed by atoms with van der Waals surface area (Å²) in [5.41, 5.74) is 3.46. The van der Waals surface area contributed by atoms with Crippen molar-refractivity contribution in [1.29, 1.82) is 0 Å². The predicted molar refractivity (Wildman–Crippen MR) is 104 cm³/mol. The zero-order chi connectivity index (χ0) is 18.2. The molecule has 0 aliphatic rings. The molecule has 0 saturated heterocycles. The van der Waals surface area contributed by atoms with Crippen LogP contribution in [0.2, 0.25) is 0 Å². The van der Waals surface area contributed by atoms with Crippen LogP contribution in [0, 0.1) is 0 Å². The van der Waals surface area contributed by atoms with Crippen LogP contribution in [0.4, 0.5) is 11.5 Å². The van der Waals surface area contributed by atoms with E-state index in [2.05, 4.69) is 39.7 Å². The lowest BCUT2D eigenvalue weighted by Gasteiger charge is -2.09. The number of carbonyl (C=O) groups is 1. The lowest BCUT2D eigenvalue weighted by atomic mass is 10.1. The highest BCUT2D eigenvalue weighted by atomic mass is 16.1. The second kappa shape index (κ2) is 8.76. The molecule has 5 heteroatoms. The summed E-state index contributed by atoms with van der Waals surface area (Å²) in [6.07, 6.45) is 4.84. The van der Waals surface area contributed by atoms with Gasteiger partial charge in [0.2, 0.25) is 0 Å². The smallest absolute Gasteiger partial charge is 0.275 e. The van der Waals surface area contributed by atoms with Crippen molar-refractivity contribution >= 4 is 17.4 Å². The van der Waals surface area contributed by atoms with E-state index in [9.17, 15) is 4.79 Å². The Hall–Kier alpha value is -3.21. The van der Waals surface area contributed by atoms with Gasteiger partial charge in [-0.15, -0.1) is 0 Å². The molecule has 0 unspecified atom stereocenters. The van der Waals surface area contributed by atoms with Crippen LogP contribution in [0.3, 0.4) is 0 Å². The standard InChI is InChI=1S/C21H22N4O/c1-2-17-10-6-7-11-18(17)25-21(26)19-14-24-20(15-23-19)22-13-12-16-8-4-3-5-9-16/h3-11,14-15H,2,12-13H2,1H3,(H,22,24)(H,25,26). The van der Waals surface area contributed by atoms with Gasteiger partial charge in [-0.05, 0) is 30.0 Å². The summed E-state index contributed by atoms with van der Waals surface area (Å²) in [5.74, 6) is 0.403. The van der Waals surface area contributed by atoms with Gasteiger partial charge in [0.15, 0.2) is 0 Å². The van der Waals surface area contributed by atoms with E-state index in [-0.39, 0.29) is 5.91 Å². The Labute approximate surface area is 153 Å². The molecule has 0 fully saturated rings. The van der Waals surface area contributed by atoms with Gasteiger partial charge in [-0.1, -0.05) is 55.5 Å². The minimum absolute atomic E-state index is 0.255. The number of hydrogen-bond acceptors (Lipinski definition) is 4. The van der Waals surface area contributed by atoms with Gasteiger partial charge in [0.25, 0.3) is 5.91 Å². The van der Waals surface area contributed by atoms with Crippen LogP contribution in [-0.4, -0.2) is 22.4 Å². The Bertz CT molecular complexity index is 847. The van der Waals surface area contributed by atoms with E-state index < -0.39 is 0 Å². The molecule has 132 valence electrons. The monoisotopic (exact) mass is 346 g/mol. The largest absolute Gasteiger partial charge is 0.368 e. The Kier molecular flexibility index (Phi) is 5.93. The number of hydrogen-bond donors (Lipinski definition) is 2. The van der Waals surface area contributed by atoms with Gasteiger partial charge in [-0.25, -0.2) is 9.97 Å². The Morgan fingerprint density at radius 2 is 1.73 bits per heavy atom. The van der Waals surface area contributed by atoms with Crippen LogP contribution < -0.4 is 10.6 Å². The summed E-state index contributed by atoms with van der Waals surface area (Å²) >= 11 is 0. The molecule has 0 saturated carbocycles. The number of anilines is 2. The van der Waals surface area contributed by atoms with E-state index in [1.165, 1.54) is 11.8 Å². The molecule has 0 atom stereocenters. The van der Waals surface area contributed by atoms with Crippen molar-refractivity contribution in [3.8, 4) is 0 Å². The fourth-order valence-electron chi connectivity index (χ4n) is 2.65. The second-order valence-electron chi connectivity index (χ2n) is 5.91. The first-order valence-electron chi connectivity index (χ1n) is 8.75. The first-order valence-corrected chi connectivity index (χ1v) is 8.75. The number of rotatable bonds is 7. The topological polar surface area (TPSA) is 66.9 Å².